The summed E-state index contributed by atoms with van der Waals surface area (Å²) in [5.74, 6) is 0.576. The van der Waals surface area contributed by atoms with Crippen LogP contribution in [0.15, 0.2) is 61.1 Å². The standard InChI is InChI=1S/C19H21N3O3S/c1-15-13-22(14-20-15)18-9-8-17(12-19(18)25-2)21-26(23,24)11-10-16-6-4-3-5-7-16/h3-9,12-14,21H,10-11H2,1-2H3. The molecule has 0 saturated carbocycles. The number of ether oxygens (including phenoxy) is 1. The summed E-state index contributed by atoms with van der Waals surface area (Å²) < 4.78 is 34.6. The number of rotatable bonds is 7. The lowest BCUT2D eigenvalue weighted by molar-refractivity contribution is 0.413. The fourth-order valence-corrected chi connectivity index (χ4v) is 3.73. The van der Waals surface area contributed by atoms with Gasteiger partial charge in [0.05, 0.1) is 36.3 Å². The maximum absolute atomic E-state index is 12.4. The lowest BCUT2D eigenvalue weighted by Crippen LogP contribution is -2.18. The van der Waals surface area contributed by atoms with Crippen molar-refractivity contribution in [1.29, 1.82) is 0 Å². The number of hydrogen-bond donors (Lipinski definition) is 1. The van der Waals surface area contributed by atoms with E-state index < -0.39 is 10.0 Å². The first-order valence-corrected chi connectivity index (χ1v) is 9.85. The second-order valence-electron chi connectivity index (χ2n) is 5.97. The molecule has 0 atom stereocenters. The first-order chi connectivity index (χ1) is 12.5. The molecule has 1 N–H and O–H groups in total. The van der Waals surface area contributed by atoms with Crippen LogP contribution in [0.4, 0.5) is 5.69 Å². The molecule has 0 spiro atoms. The molecule has 3 aromatic rings. The van der Waals surface area contributed by atoms with Crippen LogP contribution in [0, 0.1) is 6.92 Å². The van der Waals surface area contributed by atoms with Crippen molar-refractivity contribution in [2.45, 2.75) is 13.3 Å². The van der Waals surface area contributed by atoms with E-state index >= 15 is 0 Å². The van der Waals surface area contributed by atoms with Crippen LogP contribution in [0.25, 0.3) is 5.69 Å². The molecule has 0 unspecified atom stereocenters. The summed E-state index contributed by atoms with van der Waals surface area (Å²) in [5, 5.41) is 0. The number of nitrogens with zero attached hydrogens (tertiary/aromatic N) is 2. The van der Waals surface area contributed by atoms with Gasteiger partial charge in [-0.25, -0.2) is 13.4 Å². The molecule has 7 heteroatoms. The highest BCUT2D eigenvalue weighted by atomic mass is 32.2. The Morgan fingerprint density at radius 1 is 1.15 bits per heavy atom. The van der Waals surface area contributed by atoms with Gasteiger partial charge < -0.3 is 9.30 Å². The van der Waals surface area contributed by atoms with Gasteiger partial charge in [0.25, 0.3) is 0 Å². The predicted molar refractivity (Wildman–Crippen MR) is 102 cm³/mol. The Morgan fingerprint density at radius 2 is 1.92 bits per heavy atom. The van der Waals surface area contributed by atoms with Crippen molar-refractivity contribution in [3.63, 3.8) is 0 Å². The summed E-state index contributed by atoms with van der Waals surface area (Å²) in [6.45, 7) is 1.90. The van der Waals surface area contributed by atoms with Gasteiger partial charge in [-0.15, -0.1) is 0 Å². The van der Waals surface area contributed by atoms with Gasteiger partial charge in [0.1, 0.15) is 5.75 Å². The zero-order chi connectivity index (χ0) is 18.6. The third-order valence-electron chi connectivity index (χ3n) is 3.95. The van der Waals surface area contributed by atoms with E-state index in [1.807, 2.05) is 48.0 Å². The van der Waals surface area contributed by atoms with Crippen LogP contribution >= 0.6 is 0 Å². The lowest BCUT2D eigenvalue weighted by atomic mass is 10.2. The molecule has 136 valence electrons. The molecular weight excluding hydrogens is 350 g/mol. The van der Waals surface area contributed by atoms with Crippen LogP contribution < -0.4 is 9.46 Å². The molecular formula is C19H21N3O3S. The first-order valence-electron chi connectivity index (χ1n) is 8.20. The Morgan fingerprint density at radius 3 is 2.58 bits per heavy atom. The minimum absolute atomic E-state index is 0.0157. The van der Waals surface area contributed by atoms with Crippen LogP contribution in [0.1, 0.15) is 11.3 Å². The Hall–Kier alpha value is -2.80. The molecule has 0 saturated heterocycles. The highest BCUT2D eigenvalue weighted by Gasteiger charge is 2.13. The van der Waals surface area contributed by atoms with Crippen molar-refractivity contribution >= 4 is 15.7 Å². The van der Waals surface area contributed by atoms with Crippen LogP contribution in [0.3, 0.4) is 0 Å². The topological polar surface area (TPSA) is 73.2 Å². The molecule has 26 heavy (non-hydrogen) atoms. The summed E-state index contributed by atoms with van der Waals surface area (Å²) in [7, 11) is -1.90. The normalized spacial score (nSPS) is 11.3. The van der Waals surface area contributed by atoms with Gasteiger partial charge in [-0.3, -0.25) is 4.72 Å². The third-order valence-corrected chi connectivity index (χ3v) is 5.23. The highest BCUT2D eigenvalue weighted by molar-refractivity contribution is 7.92. The quantitative estimate of drug-likeness (QED) is 0.692. The molecule has 6 nitrogen and oxygen atoms in total. The van der Waals surface area contributed by atoms with E-state index in [9.17, 15) is 8.42 Å². The van der Waals surface area contributed by atoms with E-state index in [2.05, 4.69) is 9.71 Å². The van der Waals surface area contributed by atoms with Crippen molar-refractivity contribution in [2.24, 2.45) is 0 Å². The zero-order valence-electron chi connectivity index (χ0n) is 14.7. The summed E-state index contributed by atoms with van der Waals surface area (Å²) >= 11 is 0. The monoisotopic (exact) mass is 371 g/mol. The third kappa shape index (κ3) is 4.43. The fourth-order valence-electron chi connectivity index (χ4n) is 2.63. The van der Waals surface area contributed by atoms with Crippen LogP contribution in [0.2, 0.25) is 0 Å². The Kier molecular flexibility index (Phi) is 5.27. The highest BCUT2D eigenvalue weighted by Crippen LogP contribution is 2.27. The maximum Gasteiger partial charge on any atom is 0.233 e. The van der Waals surface area contributed by atoms with E-state index in [-0.39, 0.29) is 5.75 Å². The number of aromatic nitrogens is 2. The smallest absolute Gasteiger partial charge is 0.233 e. The molecule has 3 rings (SSSR count). The zero-order valence-corrected chi connectivity index (χ0v) is 15.5. The fraction of sp³-hybridized carbons (Fsp3) is 0.211. The van der Waals surface area contributed by atoms with Gasteiger partial charge >= 0.3 is 0 Å². The van der Waals surface area contributed by atoms with Crippen LogP contribution in [0.5, 0.6) is 5.75 Å². The van der Waals surface area contributed by atoms with Crippen molar-refractivity contribution in [2.75, 3.05) is 17.6 Å². The molecule has 0 aliphatic heterocycles. The van der Waals surface area contributed by atoms with Crippen molar-refractivity contribution in [3.05, 3.63) is 72.3 Å². The van der Waals surface area contributed by atoms with E-state index in [1.54, 1.807) is 31.6 Å². The van der Waals surface area contributed by atoms with Gasteiger partial charge in [-0.2, -0.15) is 0 Å². The number of sulfonamides is 1. The molecule has 2 aromatic carbocycles. The first kappa shape index (κ1) is 18.0. The minimum Gasteiger partial charge on any atom is -0.494 e. The molecule has 0 radical (unpaired) electrons. The average molecular weight is 371 g/mol. The van der Waals surface area contributed by atoms with E-state index in [4.69, 9.17) is 4.74 Å². The number of nitrogens with one attached hydrogen (secondary N) is 1. The predicted octanol–water partition coefficient (Wildman–Crippen LogP) is 3.17. The Bertz CT molecular complexity index is 982. The second-order valence-corrected chi connectivity index (χ2v) is 7.81. The average Bonchev–Trinajstić information content (AvgIpc) is 3.07. The molecule has 1 aromatic heterocycles. The number of hydrogen-bond acceptors (Lipinski definition) is 4. The van der Waals surface area contributed by atoms with Gasteiger partial charge in [0.2, 0.25) is 10.0 Å². The summed E-state index contributed by atoms with van der Waals surface area (Å²) in [6.07, 6.45) is 4.03. The summed E-state index contributed by atoms with van der Waals surface area (Å²) in [6, 6.07) is 14.7. The van der Waals surface area contributed by atoms with Crippen molar-refractivity contribution in [3.8, 4) is 11.4 Å². The largest absolute Gasteiger partial charge is 0.494 e. The second kappa shape index (κ2) is 7.61. The van der Waals surface area contributed by atoms with E-state index in [1.165, 1.54) is 0 Å². The summed E-state index contributed by atoms with van der Waals surface area (Å²) in [4.78, 5) is 4.20. The maximum atomic E-state index is 12.4. The van der Waals surface area contributed by atoms with Gasteiger partial charge in [-0.05, 0) is 31.0 Å². The van der Waals surface area contributed by atoms with Crippen LogP contribution in [-0.2, 0) is 16.4 Å². The summed E-state index contributed by atoms with van der Waals surface area (Å²) in [5.41, 5.74) is 3.13. The number of benzene rings is 2. The van der Waals surface area contributed by atoms with E-state index in [0.29, 0.717) is 17.9 Å². The van der Waals surface area contributed by atoms with Crippen molar-refractivity contribution < 1.29 is 13.2 Å². The number of aryl methyl sites for hydroxylation is 2. The van der Waals surface area contributed by atoms with Gasteiger partial charge in [0, 0.05) is 12.3 Å². The SMILES string of the molecule is COc1cc(NS(=O)(=O)CCc2ccccc2)ccc1-n1cnc(C)c1. The molecule has 0 fully saturated rings. The molecule has 0 amide bonds. The molecule has 1 heterocycles. The Labute approximate surface area is 153 Å². The number of anilines is 1. The van der Waals surface area contributed by atoms with E-state index in [0.717, 1.165) is 16.9 Å². The molecule has 0 aliphatic rings. The Balaban J connectivity index is 1.75. The van der Waals surface area contributed by atoms with Crippen molar-refractivity contribution in [1.82, 2.24) is 9.55 Å². The number of methoxy groups -OCH3 is 1. The number of imidazole rings is 1. The molecule has 0 aliphatic carbocycles. The lowest BCUT2D eigenvalue weighted by Gasteiger charge is -2.13. The van der Waals surface area contributed by atoms with Gasteiger partial charge in [-0.1, -0.05) is 30.3 Å². The van der Waals surface area contributed by atoms with Gasteiger partial charge in [0.15, 0.2) is 0 Å². The molecule has 0 bridgehead atoms. The van der Waals surface area contributed by atoms with Crippen LogP contribution in [-0.4, -0.2) is 30.8 Å². The minimum atomic E-state index is -3.46.